The van der Waals surface area contributed by atoms with Gasteiger partial charge in [0.2, 0.25) is 5.91 Å². The molecule has 0 unspecified atom stereocenters. The topological polar surface area (TPSA) is 111 Å². The molecule has 0 spiro atoms. The maximum Gasteiger partial charge on any atom is 0.411 e. The van der Waals surface area contributed by atoms with E-state index in [0.717, 1.165) is 6.42 Å². The van der Waals surface area contributed by atoms with Crippen LogP contribution in [0.15, 0.2) is 0 Å². The zero-order valence-corrected chi connectivity index (χ0v) is 16.3. The number of carbonyl (C=O) groups excluding carboxylic acids is 2. The Morgan fingerprint density at radius 3 is 2.33 bits per heavy atom. The highest BCUT2D eigenvalue weighted by molar-refractivity contribution is 5.83. The number of nitrogens with zero attached hydrogens (tertiary/aromatic N) is 3. The molecule has 1 N–H and O–H groups in total. The van der Waals surface area contributed by atoms with Crippen molar-refractivity contribution in [1.82, 2.24) is 9.80 Å². The second-order valence-electron chi connectivity index (χ2n) is 8.33. The SMILES string of the molecule is CC(C)(C)OC(=O)N(CC(=O)N1CCC[C@H]1C#N)C1CCC(C(=O)O)CC1. The van der Waals surface area contributed by atoms with Crippen molar-refractivity contribution in [2.75, 3.05) is 13.1 Å². The Morgan fingerprint density at radius 2 is 1.81 bits per heavy atom. The van der Waals surface area contributed by atoms with E-state index in [0.29, 0.717) is 38.6 Å². The van der Waals surface area contributed by atoms with E-state index in [1.165, 1.54) is 9.80 Å². The molecule has 0 aromatic heterocycles. The normalized spacial score (nSPS) is 25.6. The summed E-state index contributed by atoms with van der Waals surface area (Å²) in [4.78, 5) is 39.6. The molecule has 2 fully saturated rings. The highest BCUT2D eigenvalue weighted by Gasteiger charge is 2.37. The number of amides is 2. The summed E-state index contributed by atoms with van der Waals surface area (Å²) in [6.07, 6.45) is 2.84. The quantitative estimate of drug-likeness (QED) is 0.803. The van der Waals surface area contributed by atoms with Crippen LogP contribution in [-0.2, 0) is 14.3 Å². The van der Waals surface area contributed by atoms with E-state index in [1.54, 1.807) is 20.8 Å². The van der Waals surface area contributed by atoms with Crippen molar-refractivity contribution in [3.63, 3.8) is 0 Å². The smallest absolute Gasteiger partial charge is 0.411 e. The molecule has 1 heterocycles. The molecule has 8 heteroatoms. The lowest BCUT2D eigenvalue weighted by Crippen LogP contribution is -2.51. The van der Waals surface area contributed by atoms with E-state index in [-0.39, 0.29) is 18.5 Å². The fourth-order valence-electron chi connectivity index (χ4n) is 3.73. The molecule has 8 nitrogen and oxygen atoms in total. The monoisotopic (exact) mass is 379 g/mol. The van der Waals surface area contributed by atoms with Gasteiger partial charge in [0.1, 0.15) is 18.2 Å². The van der Waals surface area contributed by atoms with Gasteiger partial charge in [-0.15, -0.1) is 0 Å². The summed E-state index contributed by atoms with van der Waals surface area (Å²) in [7, 11) is 0. The predicted molar refractivity (Wildman–Crippen MR) is 96.7 cm³/mol. The average Bonchev–Trinajstić information content (AvgIpc) is 3.06. The molecule has 27 heavy (non-hydrogen) atoms. The molecular weight excluding hydrogens is 350 g/mol. The minimum absolute atomic E-state index is 0.143. The van der Waals surface area contributed by atoms with Crippen molar-refractivity contribution in [1.29, 1.82) is 5.26 Å². The molecule has 1 saturated carbocycles. The van der Waals surface area contributed by atoms with Gasteiger partial charge in [-0.25, -0.2) is 4.79 Å². The molecule has 2 aliphatic rings. The molecule has 2 rings (SSSR count). The maximum absolute atomic E-state index is 12.7. The Morgan fingerprint density at radius 1 is 1.19 bits per heavy atom. The highest BCUT2D eigenvalue weighted by atomic mass is 16.6. The number of aliphatic carboxylic acids is 1. The van der Waals surface area contributed by atoms with Crippen LogP contribution >= 0.6 is 0 Å². The molecule has 1 saturated heterocycles. The third-order valence-electron chi connectivity index (χ3n) is 5.14. The molecule has 0 bridgehead atoms. The van der Waals surface area contributed by atoms with E-state index < -0.39 is 29.6 Å². The van der Waals surface area contributed by atoms with Crippen LogP contribution in [0.5, 0.6) is 0 Å². The first-order valence-electron chi connectivity index (χ1n) is 9.54. The first-order chi connectivity index (χ1) is 12.6. The number of likely N-dealkylation sites (tertiary alicyclic amines) is 1. The first-order valence-corrected chi connectivity index (χ1v) is 9.54. The van der Waals surface area contributed by atoms with Crippen molar-refractivity contribution in [2.24, 2.45) is 5.92 Å². The fraction of sp³-hybridized carbons (Fsp3) is 0.789. The standard InChI is InChI=1S/C19H29N3O5/c1-19(2,3)27-18(26)22(14-8-6-13(7-9-14)17(24)25)12-16(23)21-10-4-5-15(21)11-20/h13-15H,4-10,12H2,1-3H3,(H,24,25)/t13?,14?,15-/m0/s1. The lowest BCUT2D eigenvalue weighted by molar-refractivity contribution is -0.143. The lowest BCUT2D eigenvalue weighted by atomic mass is 9.85. The second-order valence-corrected chi connectivity index (χ2v) is 8.33. The molecular formula is C19H29N3O5. The van der Waals surface area contributed by atoms with Crippen molar-refractivity contribution < 1.29 is 24.2 Å². The van der Waals surface area contributed by atoms with Crippen LogP contribution in [0.3, 0.4) is 0 Å². The van der Waals surface area contributed by atoms with E-state index in [4.69, 9.17) is 4.74 Å². The van der Waals surface area contributed by atoms with Crippen molar-refractivity contribution in [3.8, 4) is 6.07 Å². The number of rotatable bonds is 4. The second kappa shape index (κ2) is 8.59. The van der Waals surface area contributed by atoms with Crippen molar-refractivity contribution in [3.05, 3.63) is 0 Å². The minimum Gasteiger partial charge on any atom is -0.481 e. The summed E-state index contributed by atoms with van der Waals surface area (Å²) in [5.74, 6) is -1.48. The largest absolute Gasteiger partial charge is 0.481 e. The van der Waals surface area contributed by atoms with Crippen LogP contribution in [0.1, 0.15) is 59.3 Å². The van der Waals surface area contributed by atoms with Gasteiger partial charge >= 0.3 is 12.1 Å². The van der Waals surface area contributed by atoms with E-state index in [1.807, 2.05) is 0 Å². The number of hydrogen-bond donors (Lipinski definition) is 1. The van der Waals surface area contributed by atoms with Gasteiger partial charge in [-0.1, -0.05) is 0 Å². The minimum atomic E-state index is -0.817. The van der Waals surface area contributed by atoms with Gasteiger partial charge in [-0.05, 0) is 59.3 Å². The number of ether oxygens (including phenoxy) is 1. The molecule has 0 radical (unpaired) electrons. The molecule has 0 aromatic rings. The maximum atomic E-state index is 12.7. The van der Waals surface area contributed by atoms with Crippen LogP contribution in [0.25, 0.3) is 0 Å². The Balaban J connectivity index is 2.10. The van der Waals surface area contributed by atoms with Gasteiger partial charge in [-0.3, -0.25) is 14.5 Å². The summed E-state index contributed by atoms with van der Waals surface area (Å²) in [6, 6.07) is 1.46. The fourth-order valence-corrected chi connectivity index (χ4v) is 3.73. The van der Waals surface area contributed by atoms with Gasteiger partial charge in [0, 0.05) is 12.6 Å². The summed E-state index contributed by atoms with van der Waals surface area (Å²) in [5.41, 5.74) is -0.695. The van der Waals surface area contributed by atoms with Gasteiger partial charge < -0.3 is 14.7 Å². The zero-order chi connectivity index (χ0) is 20.2. The number of carbonyl (C=O) groups is 3. The zero-order valence-electron chi connectivity index (χ0n) is 16.3. The van der Waals surface area contributed by atoms with Crippen molar-refractivity contribution in [2.45, 2.75) is 77.0 Å². The predicted octanol–water partition coefficient (Wildman–Crippen LogP) is 2.38. The summed E-state index contributed by atoms with van der Waals surface area (Å²) in [5, 5.41) is 18.4. The van der Waals surface area contributed by atoms with E-state index in [2.05, 4.69) is 6.07 Å². The van der Waals surface area contributed by atoms with E-state index in [9.17, 15) is 24.8 Å². The van der Waals surface area contributed by atoms with Gasteiger partial charge in [-0.2, -0.15) is 5.26 Å². The molecule has 1 aliphatic heterocycles. The molecule has 1 atom stereocenters. The van der Waals surface area contributed by atoms with Crippen LogP contribution in [0, 0.1) is 17.2 Å². The Labute approximate surface area is 160 Å². The van der Waals surface area contributed by atoms with Crippen LogP contribution in [0.2, 0.25) is 0 Å². The van der Waals surface area contributed by atoms with Gasteiger partial charge in [0.25, 0.3) is 0 Å². The molecule has 0 aromatic carbocycles. The number of hydrogen-bond acceptors (Lipinski definition) is 5. The van der Waals surface area contributed by atoms with E-state index >= 15 is 0 Å². The number of carboxylic acids is 1. The summed E-state index contributed by atoms with van der Waals surface area (Å²) < 4.78 is 5.48. The van der Waals surface area contributed by atoms with Crippen molar-refractivity contribution >= 4 is 18.0 Å². The lowest BCUT2D eigenvalue weighted by Gasteiger charge is -2.37. The summed E-state index contributed by atoms with van der Waals surface area (Å²) >= 11 is 0. The van der Waals surface area contributed by atoms with Gasteiger partial charge in [0.15, 0.2) is 0 Å². The third-order valence-corrected chi connectivity index (χ3v) is 5.14. The third kappa shape index (κ3) is 5.59. The Kier molecular flexibility index (Phi) is 6.68. The highest BCUT2D eigenvalue weighted by Crippen LogP contribution is 2.29. The van der Waals surface area contributed by atoms with Crippen LogP contribution in [-0.4, -0.2) is 63.7 Å². The first kappa shape index (κ1) is 21.0. The Bertz CT molecular complexity index is 614. The van der Waals surface area contributed by atoms with Crippen LogP contribution in [0.4, 0.5) is 4.79 Å². The molecule has 150 valence electrons. The summed E-state index contributed by atoms with van der Waals surface area (Å²) in [6.45, 7) is 5.66. The number of carboxylic acid groups (broad SMARTS) is 1. The average molecular weight is 379 g/mol. The molecule has 2 amide bonds. The number of nitriles is 1. The van der Waals surface area contributed by atoms with Crippen LogP contribution < -0.4 is 0 Å². The molecule has 1 aliphatic carbocycles. The van der Waals surface area contributed by atoms with Gasteiger partial charge in [0.05, 0.1) is 12.0 Å². The Hall–Kier alpha value is -2.30.